The highest BCUT2D eigenvalue weighted by molar-refractivity contribution is 5.69. The second kappa shape index (κ2) is 31.7. The van der Waals surface area contributed by atoms with E-state index < -0.39 is 5.97 Å². The second-order valence-corrected chi connectivity index (χ2v) is 12.7. The molecule has 0 radical (unpaired) electrons. The first-order valence-corrected chi connectivity index (χ1v) is 18.0. The Morgan fingerprint density at radius 3 is 1.23 bits per heavy atom. The number of rotatable bonds is 32. The summed E-state index contributed by atoms with van der Waals surface area (Å²) in [6.07, 6.45) is 42.6. The Labute approximate surface area is 246 Å². The van der Waals surface area contributed by atoms with E-state index >= 15 is 0 Å². The summed E-state index contributed by atoms with van der Waals surface area (Å²) in [5.41, 5.74) is 0. The highest BCUT2D eigenvalue weighted by Crippen LogP contribution is 2.20. The molecule has 0 amide bonds. The molecule has 2 nitrogen and oxygen atoms in total. The predicted molar refractivity (Wildman–Crippen MR) is 175 cm³/mol. The molecule has 1 N–H and O–H groups in total. The van der Waals surface area contributed by atoms with Crippen molar-refractivity contribution in [3.8, 4) is 0 Å². The summed E-state index contributed by atoms with van der Waals surface area (Å²) in [6, 6.07) is 0. The lowest BCUT2D eigenvalue weighted by Crippen LogP contribution is -2.13. The zero-order valence-corrected chi connectivity index (χ0v) is 27.2. The van der Waals surface area contributed by atoms with E-state index in [-0.39, 0.29) is 5.92 Å². The van der Waals surface area contributed by atoms with E-state index in [0.29, 0.717) is 0 Å². The van der Waals surface area contributed by atoms with Crippen LogP contribution in [0.2, 0.25) is 0 Å². The van der Waals surface area contributed by atoms with Gasteiger partial charge in [0.15, 0.2) is 0 Å². The van der Waals surface area contributed by atoms with Crippen molar-refractivity contribution in [1.82, 2.24) is 0 Å². The van der Waals surface area contributed by atoms with E-state index in [4.69, 9.17) is 0 Å². The Balaban J connectivity index is 3.51. The second-order valence-electron chi connectivity index (χ2n) is 12.7. The first-order chi connectivity index (χ1) is 19.1. The highest BCUT2D eigenvalue weighted by Gasteiger charge is 2.16. The molecule has 2 heteroatoms. The van der Waals surface area contributed by atoms with Crippen molar-refractivity contribution in [2.45, 2.75) is 207 Å². The average molecular weight is 549 g/mol. The Hall–Kier alpha value is -0.790. The first kappa shape index (κ1) is 38.2. The molecule has 0 aliphatic carbocycles. The van der Waals surface area contributed by atoms with Crippen LogP contribution in [0.1, 0.15) is 207 Å². The molecule has 2 unspecified atom stereocenters. The van der Waals surface area contributed by atoms with Gasteiger partial charge in [-0.3, -0.25) is 4.79 Å². The van der Waals surface area contributed by atoms with E-state index in [0.717, 1.165) is 31.6 Å². The quantitative estimate of drug-likeness (QED) is 0.0670. The minimum absolute atomic E-state index is 0.108. The number of carbonyl (C=O) groups is 1. The Morgan fingerprint density at radius 2 is 0.846 bits per heavy atom. The maximum absolute atomic E-state index is 11.7. The van der Waals surface area contributed by atoms with Gasteiger partial charge in [0, 0.05) is 0 Å². The number of carboxylic acids is 1. The van der Waals surface area contributed by atoms with Crippen molar-refractivity contribution < 1.29 is 9.90 Å². The number of aliphatic carboxylic acids is 1. The summed E-state index contributed by atoms with van der Waals surface area (Å²) in [5, 5.41) is 9.61. The van der Waals surface area contributed by atoms with Crippen LogP contribution in [0.3, 0.4) is 0 Å². The molecular weight excluding hydrogens is 476 g/mol. The van der Waals surface area contributed by atoms with E-state index in [1.54, 1.807) is 0 Å². The SMILES string of the molecule is CCCCCCCCC=CC(C)CCCCCCCCCC(CCCCCCCCCCCCCC)C(=O)O. The lowest BCUT2D eigenvalue weighted by Gasteiger charge is -2.12. The fourth-order valence-electron chi connectivity index (χ4n) is 5.83. The number of unbranched alkanes of at least 4 members (excludes halogenated alkanes) is 23. The smallest absolute Gasteiger partial charge is 0.306 e. The summed E-state index contributed by atoms with van der Waals surface area (Å²) in [6.45, 7) is 6.93. The molecule has 2 atom stereocenters. The van der Waals surface area contributed by atoms with E-state index in [2.05, 4.69) is 32.9 Å². The molecule has 0 heterocycles. The van der Waals surface area contributed by atoms with E-state index in [1.807, 2.05) is 0 Å². The summed E-state index contributed by atoms with van der Waals surface area (Å²) < 4.78 is 0. The topological polar surface area (TPSA) is 37.3 Å². The minimum atomic E-state index is -0.562. The van der Waals surface area contributed by atoms with Crippen molar-refractivity contribution in [2.75, 3.05) is 0 Å². The van der Waals surface area contributed by atoms with Gasteiger partial charge in [-0.25, -0.2) is 0 Å². The minimum Gasteiger partial charge on any atom is -0.481 e. The van der Waals surface area contributed by atoms with Gasteiger partial charge in [-0.2, -0.15) is 0 Å². The number of hydrogen-bond donors (Lipinski definition) is 1. The van der Waals surface area contributed by atoms with Crippen molar-refractivity contribution in [1.29, 1.82) is 0 Å². The van der Waals surface area contributed by atoms with Crippen LogP contribution in [0, 0.1) is 11.8 Å². The third-order valence-electron chi connectivity index (χ3n) is 8.66. The summed E-state index contributed by atoms with van der Waals surface area (Å²) >= 11 is 0. The van der Waals surface area contributed by atoms with Crippen molar-refractivity contribution >= 4 is 5.97 Å². The van der Waals surface area contributed by atoms with Gasteiger partial charge in [0.25, 0.3) is 0 Å². The van der Waals surface area contributed by atoms with E-state index in [9.17, 15) is 9.90 Å². The fraction of sp³-hybridized carbons (Fsp3) is 0.919. The van der Waals surface area contributed by atoms with Gasteiger partial charge in [0.1, 0.15) is 0 Å². The molecule has 0 spiro atoms. The van der Waals surface area contributed by atoms with Crippen LogP contribution in [0.5, 0.6) is 0 Å². The third-order valence-corrected chi connectivity index (χ3v) is 8.66. The van der Waals surface area contributed by atoms with Crippen LogP contribution in [0.15, 0.2) is 12.2 Å². The molecule has 39 heavy (non-hydrogen) atoms. The third kappa shape index (κ3) is 30.0. The molecule has 0 saturated carbocycles. The number of hydrogen-bond acceptors (Lipinski definition) is 1. The Morgan fingerprint density at radius 1 is 0.513 bits per heavy atom. The summed E-state index contributed by atoms with van der Waals surface area (Å²) in [5.74, 6) is 0.0556. The molecule has 0 fully saturated rings. The van der Waals surface area contributed by atoms with Gasteiger partial charge in [0.2, 0.25) is 0 Å². The van der Waals surface area contributed by atoms with Crippen LogP contribution in [-0.2, 0) is 4.79 Å². The molecule has 0 saturated heterocycles. The monoisotopic (exact) mass is 549 g/mol. The maximum atomic E-state index is 11.7. The van der Waals surface area contributed by atoms with Crippen LogP contribution >= 0.6 is 0 Å². The van der Waals surface area contributed by atoms with Gasteiger partial charge in [-0.1, -0.05) is 187 Å². The van der Waals surface area contributed by atoms with Crippen LogP contribution in [0.25, 0.3) is 0 Å². The van der Waals surface area contributed by atoms with Crippen molar-refractivity contribution in [3.05, 3.63) is 12.2 Å². The first-order valence-electron chi connectivity index (χ1n) is 18.0. The standard InChI is InChI=1S/C37H72O2/c1-4-6-8-10-12-14-15-16-17-21-25-29-33-36(37(38)39)34-30-26-22-18-20-24-28-32-35(3)31-27-23-19-13-11-9-7-5-2/h27,31,35-36H,4-26,28-30,32-34H2,1-3H3,(H,38,39). The molecular formula is C37H72O2. The fourth-order valence-corrected chi connectivity index (χ4v) is 5.83. The molecule has 232 valence electrons. The largest absolute Gasteiger partial charge is 0.481 e. The molecule has 0 aromatic rings. The maximum Gasteiger partial charge on any atom is 0.306 e. The Kier molecular flexibility index (Phi) is 31.1. The van der Waals surface area contributed by atoms with Crippen molar-refractivity contribution in [3.63, 3.8) is 0 Å². The molecule has 0 aliphatic rings. The summed E-state index contributed by atoms with van der Waals surface area (Å²) in [4.78, 5) is 11.7. The number of carboxylic acid groups (broad SMARTS) is 1. The summed E-state index contributed by atoms with van der Waals surface area (Å²) in [7, 11) is 0. The van der Waals surface area contributed by atoms with Crippen molar-refractivity contribution in [2.24, 2.45) is 11.8 Å². The zero-order valence-electron chi connectivity index (χ0n) is 27.2. The zero-order chi connectivity index (χ0) is 28.7. The molecule has 0 rings (SSSR count). The molecule has 0 aromatic heterocycles. The van der Waals surface area contributed by atoms with Gasteiger partial charge in [-0.15, -0.1) is 0 Å². The van der Waals surface area contributed by atoms with Gasteiger partial charge in [-0.05, 0) is 38.0 Å². The molecule has 0 aromatic carbocycles. The lowest BCUT2D eigenvalue weighted by molar-refractivity contribution is -0.142. The lowest BCUT2D eigenvalue weighted by atomic mass is 9.94. The highest BCUT2D eigenvalue weighted by atomic mass is 16.4. The van der Waals surface area contributed by atoms with Crippen LogP contribution in [-0.4, -0.2) is 11.1 Å². The Bertz CT molecular complexity index is 512. The number of allylic oxidation sites excluding steroid dienone is 2. The van der Waals surface area contributed by atoms with E-state index in [1.165, 1.54) is 161 Å². The average Bonchev–Trinajstić information content (AvgIpc) is 2.92. The van der Waals surface area contributed by atoms with Crippen LogP contribution in [0.4, 0.5) is 0 Å². The molecule has 0 bridgehead atoms. The molecule has 0 aliphatic heterocycles. The van der Waals surface area contributed by atoms with Gasteiger partial charge < -0.3 is 5.11 Å². The normalized spacial score (nSPS) is 13.3. The van der Waals surface area contributed by atoms with Crippen LogP contribution < -0.4 is 0 Å². The van der Waals surface area contributed by atoms with Gasteiger partial charge in [0.05, 0.1) is 5.92 Å². The predicted octanol–water partition coefficient (Wildman–Crippen LogP) is 13.2. The van der Waals surface area contributed by atoms with Gasteiger partial charge >= 0.3 is 5.97 Å².